The summed E-state index contributed by atoms with van der Waals surface area (Å²) in [4.78, 5) is 14.9. The van der Waals surface area contributed by atoms with Crippen LogP contribution < -0.4 is 0 Å². The number of methoxy groups -OCH3 is 1. The van der Waals surface area contributed by atoms with Gasteiger partial charge < -0.3 is 14.5 Å². The molecule has 4 nitrogen and oxygen atoms in total. The second-order valence-corrected chi connectivity index (χ2v) is 4.14. The molecule has 17 heavy (non-hydrogen) atoms. The summed E-state index contributed by atoms with van der Waals surface area (Å²) in [5.74, 6) is -0.307. The molecule has 4 heteroatoms. The molecule has 0 spiro atoms. The zero-order valence-corrected chi connectivity index (χ0v) is 9.58. The topological polar surface area (TPSA) is 51.3 Å². The summed E-state index contributed by atoms with van der Waals surface area (Å²) in [6.45, 7) is 1.36. The minimum atomic E-state index is -0.307. The average molecular weight is 231 g/mol. The molecular weight excluding hydrogens is 218 g/mol. The van der Waals surface area contributed by atoms with Crippen molar-refractivity contribution in [1.29, 1.82) is 0 Å². The van der Waals surface area contributed by atoms with Gasteiger partial charge in [-0.25, -0.2) is 4.79 Å². The summed E-state index contributed by atoms with van der Waals surface area (Å²) in [6, 6.07) is 5.56. The van der Waals surface area contributed by atoms with E-state index in [1.54, 1.807) is 6.07 Å². The lowest BCUT2D eigenvalue weighted by Gasteiger charge is -2.11. The number of nitrogens with one attached hydrogen (secondary N) is 1. The van der Waals surface area contributed by atoms with Crippen LogP contribution in [0, 0.1) is 0 Å². The highest BCUT2D eigenvalue weighted by Crippen LogP contribution is 2.27. The fourth-order valence-electron chi connectivity index (χ4n) is 2.28. The third-order valence-corrected chi connectivity index (χ3v) is 3.16. The molecule has 0 saturated carbocycles. The molecule has 1 aliphatic rings. The van der Waals surface area contributed by atoms with Crippen LogP contribution in [0.3, 0.4) is 0 Å². The van der Waals surface area contributed by atoms with Gasteiger partial charge in [-0.1, -0.05) is 0 Å². The monoisotopic (exact) mass is 231 g/mol. The first-order chi connectivity index (χ1) is 8.29. The Hall–Kier alpha value is -1.81. The number of carbonyl (C=O) groups excluding carboxylic acids is 1. The van der Waals surface area contributed by atoms with E-state index in [0.717, 1.165) is 29.5 Å². The first kappa shape index (κ1) is 10.4. The number of aromatic nitrogens is 1. The Morgan fingerprint density at radius 3 is 3.18 bits per heavy atom. The summed E-state index contributed by atoms with van der Waals surface area (Å²) >= 11 is 0. The number of esters is 1. The molecule has 3 rings (SSSR count). The van der Waals surface area contributed by atoms with Crippen LogP contribution in [0.1, 0.15) is 21.6 Å². The van der Waals surface area contributed by atoms with Gasteiger partial charge in [0.25, 0.3) is 0 Å². The molecule has 1 aliphatic heterocycles. The molecule has 0 aliphatic carbocycles. The Morgan fingerprint density at radius 2 is 2.35 bits per heavy atom. The Kier molecular flexibility index (Phi) is 2.37. The standard InChI is InChI=1S/C13H13NO3/c1-16-13(15)8-2-3-11-9(6-8)10-7-17-5-4-12(10)14-11/h2-3,6,14H,4-5,7H2,1H3. The van der Waals surface area contributed by atoms with Gasteiger partial charge in [-0.15, -0.1) is 0 Å². The Morgan fingerprint density at radius 1 is 1.47 bits per heavy atom. The van der Waals surface area contributed by atoms with Crippen molar-refractivity contribution in [3.05, 3.63) is 35.0 Å². The number of ether oxygens (including phenoxy) is 2. The van der Waals surface area contributed by atoms with Gasteiger partial charge >= 0.3 is 5.97 Å². The minimum absolute atomic E-state index is 0.307. The van der Waals surface area contributed by atoms with Crippen LogP contribution in [0.15, 0.2) is 18.2 Å². The zero-order valence-electron chi connectivity index (χ0n) is 9.58. The second kappa shape index (κ2) is 3.89. The first-order valence-corrected chi connectivity index (χ1v) is 5.59. The van der Waals surface area contributed by atoms with E-state index in [2.05, 4.69) is 4.98 Å². The van der Waals surface area contributed by atoms with E-state index in [1.807, 2.05) is 12.1 Å². The summed E-state index contributed by atoms with van der Waals surface area (Å²) in [6.07, 6.45) is 0.900. The average Bonchev–Trinajstić information content (AvgIpc) is 2.75. The van der Waals surface area contributed by atoms with Gasteiger partial charge in [-0.05, 0) is 18.2 Å². The maximum Gasteiger partial charge on any atom is 0.337 e. The van der Waals surface area contributed by atoms with E-state index in [-0.39, 0.29) is 5.97 Å². The van der Waals surface area contributed by atoms with Gasteiger partial charge in [0.05, 0.1) is 25.9 Å². The van der Waals surface area contributed by atoms with E-state index >= 15 is 0 Å². The van der Waals surface area contributed by atoms with Crippen molar-refractivity contribution in [3.63, 3.8) is 0 Å². The molecule has 0 saturated heterocycles. The molecule has 2 heterocycles. The molecule has 0 unspecified atom stereocenters. The SMILES string of the molecule is COC(=O)c1ccc2[nH]c3c(c2c1)COCC3. The van der Waals surface area contributed by atoms with Crippen LogP contribution in [0.25, 0.3) is 10.9 Å². The normalized spacial score (nSPS) is 14.6. The number of carbonyl (C=O) groups is 1. The minimum Gasteiger partial charge on any atom is -0.465 e. The van der Waals surface area contributed by atoms with Gasteiger partial charge in [0, 0.05) is 28.6 Å². The van der Waals surface area contributed by atoms with Gasteiger partial charge in [0.1, 0.15) is 0 Å². The quantitative estimate of drug-likeness (QED) is 0.764. The number of fused-ring (bicyclic) bond motifs is 3. The van der Waals surface area contributed by atoms with Crippen LogP contribution in [-0.2, 0) is 22.5 Å². The molecule has 1 aromatic carbocycles. The van der Waals surface area contributed by atoms with E-state index in [9.17, 15) is 4.79 Å². The fourth-order valence-corrected chi connectivity index (χ4v) is 2.28. The van der Waals surface area contributed by atoms with Crippen LogP contribution in [0.4, 0.5) is 0 Å². The molecule has 0 fully saturated rings. The smallest absolute Gasteiger partial charge is 0.337 e. The molecular formula is C13H13NO3. The lowest BCUT2D eigenvalue weighted by molar-refractivity contribution is 0.0601. The van der Waals surface area contributed by atoms with Crippen molar-refractivity contribution in [2.75, 3.05) is 13.7 Å². The highest BCUT2D eigenvalue weighted by molar-refractivity contribution is 5.96. The maximum atomic E-state index is 11.5. The van der Waals surface area contributed by atoms with Crippen molar-refractivity contribution in [2.24, 2.45) is 0 Å². The number of rotatable bonds is 1. The highest BCUT2D eigenvalue weighted by Gasteiger charge is 2.17. The molecule has 2 aromatic rings. The Bertz CT molecular complexity index is 586. The van der Waals surface area contributed by atoms with Gasteiger partial charge in [-0.3, -0.25) is 0 Å². The predicted octanol–water partition coefficient (Wildman–Crippen LogP) is 2.03. The molecule has 0 atom stereocenters. The van der Waals surface area contributed by atoms with Crippen molar-refractivity contribution in [3.8, 4) is 0 Å². The lowest BCUT2D eigenvalue weighted by Crippen LogP contribution is -2.08. The van der Waals surface area contributed by atoms with E-state index < -0.39 is 0 Å². The third kappa shape index (κ3) is 1.61. The van der Waals surface area contributed by atoms with Gasteiger partial charge in [0.2, 0.25) is 0 Å². The fraction of sp³-hybridized carbons (Fsp3) is 0.308. The highest BCUT2D eigenvalue weighted by atomic mass is 16.5. The molecule has 0 bridgehead atoms. The molecule has 0 amide bonds. The van der Waals surface area contributed by atoms with Crippen LogP contribution in [-0.4, -0.2) is 24.7 Å². The van der Waals surface area contributed by atoms with E-state index in [0.29, 0.717) is 12.2 Å². The summed E-state index contributed by atoms with van der Waals surface area (Å²) in [7, 11) is 1.39. The Labute approximate surface area is 98.5 Å². The number of hydrogen-bond donors (Lipinski definition) is 1. The molecule has 0 radical (unpaired) electrons. The summed E-state index contributed by atoms with van der Waals surface area (Å²) in [5, 5.41) is 1.06. The van der Waals surface area contributed by atoms with Crippen LogP contribution in [0.2, 0.25) is 0 Å². The number of H-pyrrole nitrogens is 1. The molecule has 1 N–H and O–H groups in total. The summed E-state index contributed by atoms with van der Waals surface area (Å²) in [5.41, 5.74) is 4.01. The first-order valence-electron chi connectivity index (χ1n) is 5.59. The van der Waals surface area contributed by atoms with Gasteiger partial charge in [-0.2, -0.15) is 0 Å². The predicted molar refractivity (Wildman–Crippen MR) is 63.0 cm³/mol. The number of aromatic amines is 1. The number of hydrogen-bond acceptors (Lipinski definition) is 3. The molecule has 88 valence electrons. The lowest BCUT2D eigenvalue weighted by atomic mass is 10.1. The maximum absolute atomic E-state index is 11.5. The van der Waals surface area contributed by atoms with Crippen molar-refractivity contribution in [2.45, 2.75) is 13.0 Å². The van der Waals surface area contributed by atoms with E-state index in [1.165, 1.54) is 12.8 Å². The Balaban J connectivity index is 2.17. The number of benzene rings is 1. The van der Waals surface area contributed by atoms with Crippen LogP contribution in [0.5, 0.6) is 0 Å². The second-order valence-electron chi connectivity index (χ2n) is 4.14. The third-order valence-electron chi connectivity index (χ3n) is 3.16. The van der Waals surface area contributed by atoms with Crippen LogP contribution >= 0.6 is 0 Å². The van der Waals surface area contributed by atoms with Gasteiger partial charge in [0.15, 0.2) is 0 Å². The largest absolute Gasteiger partial charge is 0.465 e. The van der Waals surface area contributed by atoms with Crippen molar-refractivity contribution >= 4 is 16.9 Å². The zero-order chi connectivity index (χ0) is 11.8. The van der Waals surface area contributed by atoms with E-state index in [4.69, 9.17) is 9.47 Å². The summed E-state index contributed by atoms with van der Waals surface area (Å²) < 4.78 is 10.2. The van der Waals surface area contributed by atoms with Crippen molar-refractivity contribution in [1.82, 2.24) is 4.98 Å². The van der Waals surface area contributed by atoms with Crippen molar-refractivity contribution < 1.29 is 14.3 Å². The molecule has 1 aromatic heterocycles.